The lowest BCUT2D eigenvalue weighted by molar-refractivity contribution is -0.145. The summed E-state index contributed by atoms with van der Waals surface area (Å²) in [5.74, 6) is 0.277. The van der Waals surface area contributed by atoms with Gasteiger partial charge >= 0.3 is 5.97 Å². The first kappa shape index (κ1) is 14.8. The second-order valence-corrected chi connectivity index (χ2v) is 4.28. The molecule has 4 nitrogen and oxygen atoms in total. The Morgan fingerprint density at radius 3 is 2.57 bits per heavy atom. The molecule has 1 heterocycles. The summed E-state index contributed by atoms with van der Waals surface area (Å²) in [7, 11) is 0. The first-order valence-electron chi connectivity index (χ1n) is 6.74. The second kappa shape index (κ2) is 7.85. The van der Waals surface area contributed by atoms with Crippen molar-refractivity contribution in [1.29, 1.82) is 0 Å². The molecule has 0 radical (unpaired) electrons. The van der Waals surface area contributed by atoms with Crippen LogP contribution in [0, 0.1) is 0 Å². The minimum atomic E-state index is -0.363. The van der Waals surface area contributed by atoms with Gasteiger partial charge in [-0.3, -0.25) is 4.98 Å². The van der Waals surface area contributed by atoms with Crippen molar-refractivity contribution in [2.45, 2.75) is 6.92 Å². The molecule has 0 aliphatic heterocycles. The van der Waals surface area contributed by atoms with Gasteiger partial charge in [0.05, 0.1) is 6.61 Å². The lowest BCUT2D eigenvalue weighted by atomic mass is 10.1. The molecule has 0 aliphatic rings. The summed E-state index contributed by atoms with van der Waals surface area (Å²) >= 11 is 0. The molecule has 1 aromatic heterocycles. The van der Waals surface area contributed by atoms with Gasteiger partial charge in [0.2, 0.25) is 0 Å². The maximum atomic E-state index is 11.2. The van der Waals surface area contributed by atoms with Gasteiger partial charge in [0.1, 0.15) is 5.75 Å². The third-order valence-electron chi connectivity index (χ3n) is 2.69. The van der Waals surface area contributed by atoms with Gasteiger partial charge in [-0.25, -0.2) is 4.79 Å². The average molecular weight is 283 g/mol. The van der Waals surface area contributed by atoms with Crippen molar-refractivity contribution in [1.82, 2.24) is 4.98 Å². The van der Waals surface area contributed by atoms with Crippen molar-refractivity contribution >= 4 is 18.1 Å². The monoisotopic (exact) mass is 283 g/mol. The molecule has 2 rings (SSSR count). The lowest BCUT2D eigenvalue weighted by Crippen LogP contribution is -2.14. The van der Waals surface area contributed by atoms with E-state index < -0.39 is 0 Å². The summed E-state index contributed by atoms with van der Waals surface area (Å²) in [5.41, 5.74) is 2.09. The average Bonchev–Trinajstić information content (AvgIpc) is 2.53. The smallest absolute Gasteiger partial charge is 0.344 e. The van der Waals surface area contributed by atoms with Crippen molar-refractivity contribution in [2.24, 2.45) is 0 Å². The first-order chi connectivity index (χ1) is 10.3. The summed E-state index contributed by atoms with van der Waals surface area (Å²) in [4.78, 5) is 15.2. The van der Waals surface area contributed by atoms with E-state index in [0.29, 0.717) is 12.4 Å². The van der Waals surface area contributed by atoms with E-state index >= 15 is 0 Å². The van der Waals surface area contributed by atoms with Crippen LogP contribution >= 0.6 is 0 Å². The summed E-state index contributed by atoms with van der Waals surface area (Å²) in [5, 5.41) is 0. The SMILES string of the molecule is CCOC(=O)COc1ccc(/C=C/c2cccnc2)cc1. The third kappa shape index (κ3) is 5.10. The van der Waals surface area contributed by atoms with Gasteiger partial charge in [-0.05, 0) is 36.2 Å². The molecular formula is C17H17NO3. The van der Waals surface area contributed by atoms with E-state index in [-0.39, 0.29) is 12.6 Å². The molecule has 108 valence electrons. The normalized spacial score (nSPS) is 10.5. The van der Waals surface area contributed by atoms with E-state index in [2.05, 4.69) is 4.98 Å². The summed E-state index contributed by atoms with van der Waals surface area (Å²) in [6.07, 6.45) is 7.52. The van der Waals surface area contributed by atoms with Gasteiger partial charge < -0.3 is 9.47 Å². The number of pyridine rings is 1. The minimum Gasteiger partial charge on any atom is -0.482 e. The molecule has 21 heavy (non-hydrogen) atoms. The molecule has 0 unspecified atom stereocenters. The molecule has 0 N–H and O–H groups in total. The Hall–Kier alpha value is -2.62. The van der Waals surface area contributed by atoms with Crippen molar-refractivity contribution < 1.29 is 14.3 Å². The fraction of sp³-hybridized carbons (Fsp3) is 0.176. The number of aromatic nitrogens is 1. The van der Waals surface area contributed by atoms with Crippen LogP contribution in [0.1, 0.15) is 18.1 Å². The number of hydrogen-bond acceptors (Lipinski definition) is 4. The van der Waals surface area contributed by atoms with E-state index in [4.69, 9.17) is 9.47 Å². The highest BCUT2D eigenvalue weighted by Crippen LogP contribution is 2.14. The van der Waals surface area contributed by atoms with Crippen LogP contribution in [0.25, 0.3) is 12.2 Å². The van der Waals surface area contributed by atoms with Gasteiger partial charge in [0.15, 0.2) is 6.61 Å². The number of esters is 1. The molecular weight excluding hydrogens is 266 g/mol. The third-order valence-corrected chi connectivity index (χ3v) is 2.69. The zero-order valence-corrected chi connectivity index (χ0v) is 11.9. The zero-order chi connectivity index (χ0) is 14.9. The molecule has 0 aliphatic carbocycles. The number of rotatable bonds is 6. The number of nitrogens with zero attached hydrogens (tertiary/aromatic N) is 1. The Labute approximate surface area is 124 Å². The lowest BCUT2D eigenvalue weighted by Gasteiger charge is -2.05. The number of benzene rings is 1. The van der Waals surface area contributed by atoms with Crippen LogP contribution in [0.3, 0.4) is 0 Å². The highest BCUT2D eigenvalue weighted by Gasteiger charge is 2.02. The maximum Gasteiger partial charge on any atom is 0.344 e. The van der Waals surface area contributed by atoms with Gasteiger partial charge in [-0.1, -0.05) is 30.4 Å². The van der Waals surface area contributed by atoms with Crippen molar-refractivity contribution in [3.05, 3.63) is 59.9 Å². The Bertz CT molecular complexity index is 591. The Morgan fingerprint density at radius 1 is 1.14 bits per heavy atom. The first-order valence-corrected chi connectivity index (χ1v) is 6.74. The van der Waals surface area contributed by atoms with Crippen molar-refractivity contribution in [3.8, 4) is 5.75 Å². The van der Waals surface area contributed by atoms with E-state index in [0.717, 1.165) is 11.1 Å². The van der Waals surface area contributed by atoms with Crippen LogP contribution in [0.15, 0.2) is 48.8 Å². The second-order valence-electron chi connectivity index (χ2n) is 4.28. The predicted molar refractivity (Wildman–Crippen MR) is 81.7 cm³/mol. The fourth-order valence-corrected chi connectivity index (χ4v) is 1.69. The number of ether oxygens (including phenoxy) is 2. The van der Waals surface area contributed by atoms with E-state index in [1.807, 2.05) is 48.6 Å². The summed E-state index contributed by atoms with van der Waals surface area (Å²) in [6.45, 7) is 2.06. The molecule has 0 fully saturated rings. The standard InChI is InChI=1S/C17H17NO3/c1-2-20-17(19)13-21-16-9-7-14(8-10-16)5-6-15-4-3-11-18-12-15/h3-12H,2,13H2,1H3/b6-5+. The van der Waals surface area contributed by atoms with Gasteiger partial charge in [0.25, 0.3) is 0 Å². The van der Waals surface area contributed by atoms with Crippen LogP contribution in [-0.4, -0.2) is 24.2 Å². The highest BCUT2D eigenvalue weighted by molar-refractivity contribution is 5.71. The molecule has 0 saturated heterocycles. The molecule has 0 saturated carbocycles. The van der Waals surface area contributed by atoms with Crippen LogP contribution in [-0.2, 0) is 9.53 Å². The summed E-state index contributed by atoms with van der Waals surface area (Å²) < 4.78 is 10.1. The maximum absolute atomic E-state index is 11.2. The quantitative estimate of drug-likeness (QED) is 0.764. The Balaban J connectivity index is 1.90. The number of hydrogen-bond donors (Lipinski definition) is 0. The molecule has 0 atom stereocenters. The zero-order valence-electron chi connectivity index (χ0n) is 11.9. The molecule has 0 amide bonds. The topological polar surface area (TPSA) is 48.4 Å². The van der Waals surface area contributed by atoms with Crippen LogP contribution in [0.5, 0.6) is 5.75 Å². The largest absolute Gasteiger partial charge is 0.482 e. The van der Waals surface area contributed by atoms with E-state index in [9.17, 15) is 4.79 Å². The van der Waals surface area contributed by atoms with Crippen LogP contribution < -0.4 is 4.74 Å². The fourth-order valence-electron chi connectivity index (χ4n) is 1.69. The van der Waals surface area contributed by atoms with Crippen molar-refractivity contribution in [2.75, 3.05) is 13.2 Å². The highest BCUT2D eigenvalue weighted by atomic mass is 16.6. The molecule has 0 bridgehead atoms. The van der Waals surface area contributed by atoms with Gasteiger partial charge in [0, 0.05) is 12.4 Å². The van der Waals surface area contributed by atoms with Gasteiger partial charge in [-0.15, -0.1) is 0 Å². The van der Waals surface area contributed by atoms with Crippen molar-refractivity contribution in [3.63, 3.8) is 0 Å². The van der Waals surface area contributed by atoms with Crippen LogP contribution in [0.2, 0.25) is 0 Å². The molecule has 0 spiro atoms. The number of carbonyl (C=O) groups is 1. The Morgan fingerprint density at radius 2 is 1.90 bits per heavy atom. The molecule has 4 heteroatoms. The minimum absolute atomic E-state index is 0.0707. The number of carbonyl (C=O) groups excluding carboxylic acids is 1. The van der Waals surface area contributed by atoms with Gasteiger partial charge in [-0.2, -0.15) is 0 Å². The molecule has 2 aromatic rings. The van der Waals surface area contributed by atoms with Crippen LogP contribution in [0.4, 0.5) is 0 Å². The molecule has 1 aromatic carbocycles. The predicted octanol–water partition coefficient (Wildman–Crippen LogP) is 3.19. The Kier molecular flexibility index (Phi) is 5.52. The summed E-state index contributed by atoms with van der Waals surface area (Å²) in [6, 6.07) is 11.4. The van der Waals surface area contributed by atoms with E-state index in [1.165, 1.54) is 0 Å². The van der Waals surface area contributed by atoms with E-state index in [1.54, 1.807) is 19.3 Å².